The zero-order chi connectivity index (χ0) is 20.3. The fraction of sp³-hybridized carbons (Fsp3) is 0.500. The number of aliphatic hydroxyl groups excluding tert-OH is 1. The number of hydrogen-bond donors (Lipinski definition) is 2. The van der Waals surface area contributed by atoms with Gasteiger partial charge in [-0.3, -0.25) is 4.79 Å². The smallest absolute Gasteiger partial charge is 0.253 e. The van der Waals surface area contributed by atoms with Crippen LogP contribution in [0.1, 0.15) is 44.1 Å². The summed E-state index contributed by atoms with van der Waals surface area (Å²) in [4.78, 5) is 14.8. The van der Waals surface area contributed by atoms with Gasteiger partial charge in [0.1, 0.15) is 5.76 Å². The summed E-state index contributed by atoms with van der Waals surface area (Å²) in [6, 6.07) is 5.51. The van der Waals surface area contributed by atoms with Gasteiger partial charge in [0.25, 0.3) is 5.91 Å². The van der Waals surface area contributed by atoms with Crippen LogP contribution in [0.25, 0.3) is 0 Å². The highest BCUT2D eigenvalue weighted by atomic mass is 35.5. The predicted molar refractivity (Wildman–Crippen MR) is 115 cm³/mol. The number of carbonyl (C=O) groups is 1. The molecule has 1 aromatic carbocycles. The molecular formula is C22H28Cl2N2O2. The van der Waals surface area contributed by atoms with E-state index in [-0.39, 0.29) is 17.7 Å². The molecule has 2 N–H and O–H groups in total. The highest BCUT2D eigenvalue weighted by Crippen LogP contribution is 2.39. The van der Waals surface area contributed by atoms with Gasteiger partial charge >= 0.3 is 0 Å². The molecule has 0 aromatic heterocycles. The first-order valence-corrected chi connectivity index (χ1v) is 10.7. The van der Waals surface area contributed by atoms with E-state index in [9.17, 15) is 9.90 Å². The molecule has 1 heterocycles. The van der Waals surface area contributed by atoms with Crippen LogP contribution in [0.2, 0.25) is 10.0 Å². The molecule has 0 bridgehead atoms. The van der Waals surface area contributed by atoms with Crippen LogP contribution in [-0.2, 0) is 11.2 Å². The largest absolute Gasteiger partial charge is 0.505 e. The van der Waals surface area contributed by atoms with Crippen molar-refractivity contribution in [2.24, 2.45) is 5.92 Å². The maximum atomic E-state index is 12.9. The van der Waals surface area contributed by atoms with Crippen LogP contribution in [0.3, 0.4) is 0 Å². The lowest BCUT2D eigenvalue weighted by molar-refractivity contribution is -0.118. The first-order valence-electron chi connectivity index (χ1n) is 9.97. The standard InChI is InChI=1S/C22H28Cl2N2O2/c1-14-21(27)19(20(26(14)2)16-8-4-3-5-9-16)22(28)25-12-6-7-15-10-11-17(23)18(24)13-15/h10-11,13,16,20,27H,1,3-9,12H2,2H3,(H,25,28). The van der Waals surface area contributed by atoms with Crippen LogP contribution >= 0.6 is 23.2 Å². The molecule has 1 aliphatic heterocycles. The minimum Gasteiger partial charge on any atom is -0.505 e. The predicted octanol–water partition coefficient (Wildman–Crippen LogP) is 5.26. The van der Waals surface area contributed by atoms with E-state index in [1.54, 1.807) is 6.07 Å². The molecule has 3 rings (SSSR count). The van der Waals surface area contributed by atoms with Crippen molar-refractivity contribution in [3.8, 4) is 0 Å². The van der Waals surface area contributed by atoms with Crippen molar-refractivity contribution < 1.29 is 9.90 Å². The van der Waals surface area contributed by atoms with Gasteiger partial charge in [0.15, 0.2) is 0 Å². The van der Waals surface area contributed by atoms with Gasteiger partial charge in [0, 0.05) is 13.6 Å². The number of aliphatic hydroxyl groups is 1. The van der Waals surface area contributed by atoms with Gasteiger partial charge in [-0.1, -0.05) is 55.1 Å². The number of carbonyl (C=O) groups excluding carboxylic acids is 1. The number of rotatable bonds is 6. The molecule has 1 unspecified atom stereocenters. The zero-order valence-corrected chi connectivity index (χ0v) is 17.8. The molecule has 0 radical (unpaired) electrons. The van der Waals surface area contributed by atoms with Crippen molar-refractivity contribution in [2.75, 3.05) is 13.6 Å². The van der Waals surface area contributed by atoms with Gasteiger partial charge in [-0.15, -0.1) is 0 Å². The third kappa shape index (κ3) is 4.49. The number of benzene rings is 1. The Morgan fingerprint density at radius 1 is 1.25 bits per heavy atom. The first-order chi connectivity index (χ1) is 13.4. The van der Waals surface area contributed by atoms with Crippen LogP contribution in [0.5, 0.6) is 0 Å². The summed E-state index contributed by atoms with van der Waals surface area (Å²) in [5.41, 5.74) is 2.10. The van der Waals surface area contributed by atoms with E-state index in [1.165, 1.54) is 19.3 Å². The Bertz CT molecular complexity index is 785. The fourth-order valence-corrected chi connectivity index (χ4v) is 4.67. The molecule has 1 aliphatic carbocycles. The quantitative estimate of drug-likeness (QED) is 0.614. The monoisotopic (exact) mass is 422 g/mol. The molecule has 6 heteroatoms. The Morgan fingerprint density at radius 3 is 2.64 bits per heavy atom. The number of nitrogens with one attached hydrogen (secondary N) is 1. The molecule has 0 saturated heterocycles. The minimum absolute atomic E-state index is 0.0417. The molecule has 1 amide bonds. The van der Waals surface area contributed by atoms with E-state index in [4.69, 9.17) is 23.2 Å². The highest BCUT2D eigenvalue weighted by Gasteiger charge is 2.41. The van der Waals surface area contributed by atoms with E-state index in [0.717, 1.165) is 31.2 Å². The number of nitrogens with zero attached hydrogens (tertiary/aromatic N) is 1. The molecule has 1 atom stereocenters. The van der Waals surface area contributed by atoms with Crippen LogP contribution in [0.15, 0.2) is 41.8 Å². The summed E-state index contributed by atoms with van der Waals surface area (Å²) in [5, 5.41) is 14.6. The van der Waals surface area contributed by atoms with Gasteiger partial charge in [-0.05, 0) is 49.3 Å². The second kappa shape index (κ2) is 9.23. The average molecular weight is 423 g/mol. The lowest BCUT2D eigenvalue weighted by Gasteiger charge is -2.34. The molecule has 28 heavy (non-hydrogen) atoms. The second-order valence-electron chi connectivity index (χ2n) is 7.77. The maximum Gasteiger partial charge on any atom is 0.253 e. The fourth-order valence-electron chi connectivity index (χ4n) is 4.35. The topological polar surface area (TPSA) is 52.6 Å². The van der Waals surface area contributed by atoms with Gasteiger partial charge in [0.2, 0.25) is 0 Å². The van der Waals surface area contributed by atoms with Crippen molar-refractivity contribution in [1.82, 2.24) is 10.2 Å². The SMILES string of the molecule is C=C1C(O)=C(C(=O)NCCCc2ccc(Cl)c(Cl)c2)C(C2CCCCC2)N1C. The van der Waals surface area contributed by atoms with Crippen molar-refractivity contribution in [3.05, 3.63) is 57.4 Å². The van der Waals surface area contributed by atoms with Crippen molar-refractivity contribution in [2.45, 2.75) is 51.0 Å². The van der Waals surface area contributed by atoms with Gasteiger partial charge in [-0.2, -0.15) is 0 Å². The van der Waals surface area contributed by atoms with Crippen molar-refractivity contribution >= 4 is 29.1 Å². The summed E-state index contributed by atoms with van der Waals surface area (Å²) in [6.07, 6.45) is 7.36. The zero-order valence-electron chi connectivity index (χ0n) is 16.3. The number of hydrogen-bond acceptors (Lipinski definition) is 3. The molecule has 4 nitrogen and oxygen atoms in total. The lowest BCUT2D eigenvalue weighted by Crippen LogP contribution is -2.40. The Balaban J connectivity index is 1.59. The Kier molecular flexibility index (Phi) is 6.95. The number of amides is 1. The third-order valence-electron chi connectivity index (χ3n) is 5.92. The highest BCUT2D eigenvalue weighted by molar-refractivity contribution is 6.42. The summed E-state index contributed by atoms with van der Waals surface area (Å²) < 4.78 is 0. The van der Waals surface area contributed by atoms with E-state index in [2.05, 4.69) is 11.9 Å². The molecule has 1 saturated carbocycles. The van der Waals surface area contributed by atoms with E-state index in [0.29, 0.717) is 33.8 Å². The second-order valence-corrected chi connectivity index (χ2v) is 8.59. The van der Waals surface area contributed by atoms with E-state index >= 15 is 0 Å². The van der Waals surface area contributed by atoms with E-state index < -0.39 is 0 Å². The summed E-state index contributed by atoms with van der Waals surface area (Å²) in [5.74, 6) is 0.241. The maximum absolute atomic E-state index is 12.9. The third-order valence-corrected chi connectivity index (χ3v) is 6.66. The van der Waals surface area contributed by atoms with E-state index in [1.807, 2.05) is 24.1 Å². The van der Waals surface area contributed by atoms with Gasteiger partial charge in [-0.25, -0.2) is 0 Å². The average Bonchev–Trinajstić information content (AvgIpc) is 2.92. The molecule has 1 fully saturated rings. The van der Waals surface area contributed by atoms with Crippen LogP contribution in [0, 0.1) is 5.92 Å². The first kappa shape index (κ1) is 21.1. The molecule has 0 spiro atoms. The molecule has 152 valence electrons. The molecule has 1 aromatic rings. The number of halogens is 2. The van der Waals surface area contributed by atoms with Crippen LogP contribution in [-0.4, -0.2) is 35.5 Å². The lowest BCUT2D eigenvalue weighted by atomic mass is 9.81. The Labute approximate surface area is 177 Å². The minimum atomic E-state index is -0.187. The summed E-state index contributed by atoms with van der Waals surface area (Å²) >= 11 is 12.0. The number of likely N-dealkylation sites (N-methyl/N-ethyl adjacent to an activating group) is 1. The molecular weight excluding hydrogens is 395 g/mol. The van der Waals surface area contributed by atoms with Gasteiger partial charge < -0.3 is 15.3 Å². The van der Waals surface area contributed by atoms with Crippen molar-refractivity contribution in [1.29, 1.82) is 0 Å². The van der Waals surface area contributed by atoms with Gasteiger partial charge in [0.05, 0.1) is 27.4 Å². The normalized spacial score (nSPS) is 20.8. The summed E-state index contributed by atoms with van der Waals surface area (Å²) in [6.45, 7) is 4.49. The molecule has 2 aliphatic rings. The van der Waals surface area contributed by atoms with Crippen LogP contribution in [0.4, 0.5) is 0 Å². The van der Waals surface area contributed by atoms with Crippen molar-refractivity contribution in [3.63, 3.8) is 0 Å². The van der Waals surface area contributed by atoms with Crippen LogP contribution < -0.4 is 5.32 Å². The Hall–Kier alpha value is -1.65. The summed E-state index contributed by atoms with van der Waals surface area (Å²) in [7, 11) is 1.92. The Morgan fingerprint density at radius 2 is 1.96 bits per heavy atom. The number of aryl methyl sites for hydroxylation is 1.